The highest BCUT2D eigenvalue weighted by molar-refractivity contribution is 6.15. The van der Waals surface area contributed by atoms with Gasteiger partial charge in [-0.1, -0.05) is 96.7 Å². The van der Waals surface area contributed by atoms with Crippen LogP contribution in [0.1, 0.15) is 74.3 Å². The third kappa shape index (κ3) is 10.9. The van der Waals surface area contributed by atoms with E-state index in [1.807, 2.05) is 6.08 Å². The summed E-state index contributed by atoms with van der Waals surface area (Å²) in [4.78, 5) is 0. The van der Waals surface area contributed by atoms with E-state index in [0.29, 0.717) is 16.7 Å². The molecule has 1 heterocycles. The van der Waals surface area contributed by atoms with E-state index in [2.05, 4.69) is 152 Å². The van der Waals surface area contributed by atoms with E-state index in [9.17, 15) is 0 Å². The maximum absolute atomic E-state index is 4.64. The van der Waals surface area contributed by atoms with Gasteiger partial charge in [0.1, 0.15) is 6.54 Å². The van der Waals surface area contributed by atoms with Crippen molar-refractivity contribution in [2.45, 2.75) is 75.3 Å². The van der Waals surface area contributed by atoms with Crippen molar-refractivity contribution in [1.29, 1.82) is 0 Å². The molecule has 0 fully saturated rings. The minimum Gasteiger partial charge on any atom is -0.199 e. The first-order valence-corrected chi connectivity index (χ1v) is 13.1. The Bertz CT molecular complexity index is 949. The van der Waals surface area contributed by atoms with Gasteiger partial charge in [0.05, 0.1) is 5.39 Å². The zero-order valence-electron chi connectivity index (χ0n) is 23.5. The van der Waals surface area contributed by atoms with E-state index in [1.165, 1.54) is 34.8 Å². The van der Waals surface area contributed by atoms with Gasteiger partial charge in [0, 0.05) is 18.5 Å². The number of pyridine rings is 1. The Morgan fingerprint density at radius 2 is 1.62 bits per heavy atom. The molecule has 0 aliphatic heterocycles. The largest absolute Gasteiger partial charge is 0.213 e. The standard InChI is InChI=1S/C18H32.C13H14N.CH3Cl/c1-9-11-13-15(12-10-2)16(18(6,7)8)14-17(3,4)5;1-3-11-9-10-14(4-2)13-8-6-5-7-12(11)13;1-2/h9-13,16H,14H2,1-8H3;3,5-10H,1,4H2,2H3;1H3/q;+1;/b11-9-,12-10-,15-13+;;. The van der Waals surface area contributed by atoms with Crippen LogP contribution in [0.15, 0.2) is 79.1 Å². The Morgan fingerprint density at radius 3 is 2.09 bits per heavy atom. The predicted octanol–water partition coefficient (Wildman–Crippen LogP) is 9.81. The van der Waals surface area contributed by atoms with Gasteiger partial charge in [-0.25, -0.2) is 0 Å². The van der Waals surface area contributed by atoms with Gasteiger partial charge in [0.2, 0.25) is 5.52 Å². The summed E-state index contributed by atoms with van der Waals surface area (Å²) in [7, 11) is 0. The summed E-state index contributed by atoms with van der Waals surface area (Å²) >= 11 is 4.64. The number of hydrogen-bond donors (Lipinski definition) is 0. The normalized spacial score (nSPS) is 13.3. The first-order valence-electron chi connectivity index (χ1n) is 12.4. The maximum Gasteiger partial charge on any atom is 0.213 e. The molecule has 1 nitrogen and oxygen atoms in total. The summed E-state index contributed by atoms with van der Waals surface area (Å²) in [5.74, 6) is 0.588. The smallest absolute Gasteiger partial charge is 0.199 e. The lowest BCUT2D eigenvalue weighted by atomic mass is 9.68. The van der Waals surface area contributed by atoms with E-state index in [0.717, 1.165) is 6.54 Å². The number of hydrogen-bond acceptors (Lipinski definition) is 0. The Hall–Kier alpha value is -2.12. The van der Waals surface area contributed by atoms with Crippen LogP contribution in [0.2, 0.25) is 0 Å². The number of aryl methyl sites for hydroxylation is 1. The molecule has 1 aromatic heterocycles. The van der Waals surface area contributed by atoms with Crippen LogP contribution in [0, 0.1) is 16.7 Å². The Labute approximate surface area is 215 Å². The topological polar surface area (TPSA) is 3.88 Å². The number of alkyl halides is 1. The van der Waals surface area contributed by atoms with Gasteiger partial charge in [0.25, 0.3) is 0 Å². The zero-order chi connectivity index (χ0) is 26.4. The minimum atomic E-state index is 0.292. The molecular formula is C32H49ClN+. The van der Waals surface area contributed by atoms with Crippen molar-refractivity contribution in [2.75, 3.05) is 6.38 Å². The minimum absolute atomic E-state index is 0.292. The van der Waals surface area contributed by atoms with Crippen LogP contribution in [0.3, 0.4) is 0 Å². The quantitative estimate of drug-likeness (QED) is 0.219. The van der Waals surface area contributed by atoms with E-state index in [4.69, 9.17) is 0 Å². The van der Waals surface area contributed by atoms with Crippen molar-refractivity contribution in [1.82, 2.24) is 0 Å². The molecule has 2 rings (SSSR count). The molecule has 0 bridgehead atoms. The second-order valence-electron chi connectivity index (χ2n) is 10.7. The highest BCUT2D eigenvalue weighted by atomic mass is 35.5. The molecule has 1 unspecified atom stereocenters. The first-order chi connectivity index (χ1) is 16.0. The van der Waals surface area contributed by atoms with Gasteiger partial charge < -0.3 is 0 Å². The van der Waals surface area contributed by atoms with Crippen molar-refractivity contribution in [3.8, 4) is 0 Å². The molecule has 34 heavy (non-hydrogen) atoms. The van der Waals surface area contributed by atoms with E-state index < -0.39 is 0 Å². The second-order valence-corrected chi connectivity index (χ2v) is 10.7. The molecule has 0 amide bonds. The second kappa shape index (κ2) is 15.7. The van der Waals surface area contributed by atoms with Gasteiger partial charge >= 0.3 is 0 Å². The van der Waals surface area contributed by atoms with Crippen molar-refractivity contribution < 1.29 is 4.57 Å². The molecule has 1 atom stereocenters. The van der Waals surface area contributed by atoms with Crippen LogP contribution in [0.25, 0.3) is 17.0 Å². The average Bonchev–Trinajstić information content (AvgIpc) is 2.80. The van der Waals surface area contributed by atoms with Crippen LogP contribution in [0.4, 0.5) is 0 Å². The Balaban J connectivity index is 0.000000608. The van der Waals surface area contributed by atoms with Gasteiger partial charge in [-0.05, 0) is 61.1 Å². The molecular weight excluding hydrogens is 434 g/mol. The molecule has 0 aliphatic carbocycles. The molecule has 0 N–H and O–H groups in total. The number of aromatic nitrogens is 1. The van der Waals surface area contributed by atoms with Crippen LogP contribution >= 0.6 is 11.6 Å². The molecule has 0 aliphatic rings. The lowest BCUT2D eigenvalue weighted by Crippen LogP contribution is -2.32. The summed E-state index contributed by atoms with van der Waals surface area (Å²) in [6.45, 7) is 25.2. The highest BCUT2D eigenvalue weighted by Crippen LogP contribution is 2.41. The van der Waals surface area contributed by atoms with Crippen molar-refractivity contribution in [3.63, 3.8) is 0 Å². The summed E-state index contributed by atoms with van der Waals surface area (Å²) < 4.78 is 2.24. The lowest BCUT2D eigenvalue weighted by Gasteiger charge is -2.36. The number of allylic oxidation sites excluding steroid dienone is 6. The number of rotatable bonds is 6. The van der Waals surface area contributed by atoms with Crippen LogP contribution in [-0.4, -0.2) is 6.38 Å². The Morgan fingerprint density at radius 1 is 1.00 bits per heavy atom. The number of nitrogens with zero attached hydrogens (tertiary/aromatic N) is 1. The molecule has 2 aromatic rings. The third-order valence-corrected chi connectivity index (χ3v) is 5.62. The maximum atomic E-state index is 4.64. The number of fused-ring (bicyclic) bond motifs is 1. The molecule has 2 heteroatoms. The van der Waals surface area contributed by atoms with Crippen LogP contribution in [-0.2, 0) is 6.54 Å². The van der Waals surface area contributed by atoms with Crippen LogP contribution < -0.4 is 4.57 Å². The zero-order valence-corrected chi connectivity index (χ0v) is 24.2. The van der Waals surface area contributed by atoms with Crippen molar-refractivity contribution in [3.05, 3.63) is 84.6 Å². The third-order valence-electron chi connectivity index (χ3n) is 5.62. The monoisotopic (exact) mass is 482 g/mol. The summed E-state index contributed by atoms with van der Waals surface area (Å²) in [6, 6.07) is 10.5. The molecule has 0 saturated carbocycles. The van der Waals surface area contributed by atoms with Crippen LogP contribution in [0.5, 0.6) is 0 Å². The Kier molecular flexibility index (Phi) is 14.7. The highest BCUT2D eigenvalue weighted by Gasteiger charge is 2.30. The molecule has 1 aromatic carbocycles. The van der Waals surface area contributed by atoms with Gasteiger partial charge in [-0.3, -0.25) is 0 Å². The van der Waals surface area contributed by atoms with E-state index in [-0.39, 0.29) is 0 Å². The van der Waals surface area contributed by atoms with Gasteiger partial charge in [0.15, 0.2) is 6.20 Å². The van der Waals surface area contributed by atoms with Gasteiger partial charge in [-0.15, -0.1) is 11.6 Å². The number of halogens is 1. The number of para-hydroxylation sites is 1. The fourth-order valence-corrected chi connectivity index (χ4v) is 3.99. The van der Waals surface area contributed by atoms with E-state index >= 15 is 0 Å². The van der Waals surface area contributed by atoms with Crippen molar-refractivity contribution >= 4 is 28.6 Å². The fraction of sp³-hybridized carbons (Fsp3) is 0.469. The lowest BCUT2D eigenvalue weighted by molar-refractivity contribution is -0.667. The summed E-state index contributed by atoms with van der Waals surface area (Å²) in [5, 5.41) is 1.27. The molecule has 0 saturated heterocycles. The first kappa shape index (κ1) is 31.9. The molecule has 0 radical (unpaired) electrons. The molecule has 0 spiro atoms. The van der Waals surface area contributed by atoms with E-state index in [1.54, 1.807) is 0 Å². The predicted molar refractivity (Wildman–Crippen MR) is 156 cm³/mol. The molecule has 188 valence electrons. The fourth-order valence-electron chi connectivity index (χ4n) is 3.99. The summed E-state index contributed by atoms with van der Waals surface area (Å²) in [6.07, 6.45) is 17.6. The summed E-state index contributed by atoms with van der Waals surface area (Å²) in [5.41, 5.74) is 4.56. The SMILES string of the molecule is C=Cc1cc[n+](CC)c2ccccc12.CCl.C\C=C/C=C(\C=C/C)C(CC(C)(C)C)C(C)(C)C. The van der Waals surface area contributed by atoms with Crippen molar-refractivity contribution in [2.24, 2.45) is 16.7 Å². The number of benzene rings is 1. The van der Waals surface area contributed by atoms with Gasteiger partial charge in [-0.2, -0.15) is 4.57 Å². The average molecular weight is 483 g/mol.